The predicted octanol–water partition coefficient (Wildman–Crippen LogP) is 4.66. The summed E-state index contributed by atoms with van der Waals surface area (Å²) in [6.07, 6.45) is 3.95. The molecular weight excluding hydrogens is 418 g/mol. The van der Waals surface area contributed by atoms with Crippen LogP contribution in [-0.2, 0) is 16.2 Å². The monoisotopic (exact) mass is 443 g/mol. The zero-order chi connectivity index (χ0) is 22.9. The van der Waals surface area contributed by atoms with Crippen LogP contribution in [0, 0.1) is 0 Å². The molecule has 0 fully saturated rings. The molecule has 0 amide bonds. The Hall–Kier alpha value is -3.67. The molecule has 2 N–H and O–H groups in total. The summed E-state index contributed by atoms with van der Waals surface area (Å²) in [6, 6.07) is 14.5. The van der Waals surface area contributed by atoms with Crippen LogP contribution < -0.4 is 10.1 Å². The number of rotatable bonds is 5. The van der Waals surface area contributed by atoms with Gasteiger partial charge < -0.3 is 15.2 Å². The van der Waals surface area contributed by atoms with Gasteiger partial charge in [-0.05, 0) is 48.9 Å². The van der Waals surface area contributed by atoms with Crippen molar-refractivity contribution < 1.29 is 24.2 Å². The number of carbonyl (C=O) groups is 3. The van der Waals surface area contributed by atoms with Crippen LogP contribution in [0.2, 0.25) is 0 Å². The fourth-order valence-electron chi connectivity index (χ4n) is 5.07. The standard InChI is InChI=1S/C27H25NO5/c29-21-10-4-8-19-25(21)24(26-20(28-19)9-5-11-22(26)30)17-12-13-23(18(14-17)27(31)32)33-15-16-6-2-1-3-7-16/h1-3,6-7,12-14,24,28H,4-5,8-11,15H2,(H,31,32). The Balaban J connectivity index is 1.56. The molecule has 1 heterocycles. The van der Waals surface area contributed by atoms with Gasteiger partial charge in [0, 0.05) is 41.3 Å². The average molecular weight is 443 g/mol. The first-order valence-corrected chi connectivity index (χ1v) is 11.4. The van der Waals surface area contributed by atoms with Gasteiger partial charge in [-0.25, -0.2) is 4.79 Å². The lowest BCUT2D eigenvalue weighted by atomic mass is 9.71. The van der Waals surface area contributed by atoms with Crippen LogP contribution in [0.15, 0.2) is 71.1 Å². The number of carbonyl (C=O) groups excluding carboxylic acids is 2. The lowest BCUT2D eigenvalue weighted by Gasteiger charge is -2.37. The van der Waals surface area contributed by atoms with Crippen molar-refractivity contribution in [2.24, 2.45) is 0 Å². The van der Waals surface area contributed by atoms with Gasteiger partial charge in [0.1, 0.15) is 17.9 Å². The smallest absolute Gasteiger partial charge is 0.339 e. The Morgan fingerprint density at radius 2 is 1.55 bits per heavy atom. The van der Waals surface area contributed by atoms with E-state index in [1.165, 1.54) is 0 Å². The SMILES string of the molecule is O=C1CCCC2=C1C(c1ccc(OCc3ccccc3)c(C(=O)O)c1)C1=C(CCCC1=O)N2. The van der Waals surface area contributed by atoms with Crippen molar-refractivity contribution in [2.45, 2.75) is 51.0 Å². The lowest BCUT2D eigenvalue weighted by Crippen LogP contribution is -2.36. The van der Waals surface area contributed by atoms with E-state index in [0.29, 0.717) is 29.6 Å². The average Bonchev–Trinajstić information content (AvgIpc) is 2.82. The van der Waals surface area contributed by atoms with Crippen molar-refractivity contribution in [1.82, 2.24) is 5.32 Å². The van der Waals surface area contributed by atoms with Crippen molar-refractivity contribution >= 4 is 17.5 Å². The molecule has 168 valence electrons. The molecule has 0 atom stereocenters. The number of allylic oxidation sites excluding steroid dienone is 4. The van der Waals surface area contributed by atoms with Crippen LogP contribution in [-0.4, -0.2) is 22.6 Å². The Bertz CT molecular complexity index is 1170. The number of nitrogens with one attached hydrogen (secondary N) is 1. The van der Waals surface area contributed by atoms with E-state index in [1.807, 2.05) is 30.3 Å². The van der Waals surface area contributed by atoms with Crippen LogP contribution >= 0.6 is 0 Å². The minimum atomic E-state index is -1.11. The minimum Gasteiger partial charge on any atom is -0.488 e. The summed E-state index contributed by atoms with van der Waals surface area (Å²) in [4.78, 5) is 38.0. The van der Waals surface area contributed by atoms with Gasteiger partial charge in [0.15, 0.2) is 11.6 Å². The van der Waals surface area contributed by atoms with E-state index in [0.717, 1.165) is 42.6 Å². The highest BCUT2D eigenvalue weighted by atomic mass is 16.5. The van der Waals surface area contributed by atoms with Gasteiger partial charge in [0.2, 0.25) is 0 Å². The van der Waals surface area contributed by atoms with Gasteiger partial charge in [-0.15, -0.1) is 0 Å². The number of carboxylic acid groups (broad SMARTS) is 1. The quantitative estimate of drug-likeness (QED) is 0.698. The van der Waals surface area contributed by atoms with Crippen molar-refractivity contribution in [3.8, 4) is 5.75 Å². The van der Waals surface area contributed by atoms with E-state index in [9.17, 15) is 19.5 Å². The molecule has 0 aromatic heterocycles. The fraction of sp³-hybridized carbons (Fsp3) is 0.296. The second kappa shape index (κ2) is 8.70. The molecule has 0 radical (unpaired) electrons. The van der Waals surface area contributed by atoms with Gasteiger partial charge in [0.05, 0.1) is 0 Å². The van der Waals surface area contributed by atoms with Gasteiger partial charge in [-0.1, -0.05) is 36.4 Å². The maximum absolute atomic E-state index is 13.0. The molecule has 2 aromatic carbocycles. The number of Topliss-reactive ketones (excluding diaryl/α,β-unsaturated/α-hetero) is 2. The summed E-state index contributed by atoms with van der Waals surface area (Å²) in [5.41, 5.74) is 4.59. The Morgan fingerprint density at radius 3 is 2.15 bits per heavy atom. The Morgan fingerprint density at radius 1 is 0.909 bits per heavy atom. The molecule has 1 aliphatic heterocycles. The highest BCUT2D eigenvalue weighted by Crippen LogP contribution is 2.45. The van der Waals surface area contributed by atoms with Crippen molar-refractivity contribution in [3.05, 3.63) is 87.8 Å². The molecule has 6 nitrogen and oxygen atoms in total. The predicted molar refractivity (Wildman–Crippen MR) is 122 cm³/mol. The molecule has 0 unspecified atom stereocenters. The third-order valence-corrected chi connectivity index (χ3v) is 6.60. The number of ketones is 2. The second-order valence-corrected chi connectivity index (χ2v) is 8.73. The van der Waals surface area contributed by atoms with E-state index >= 15 is 0 Å². The van der Waals surface area contributed by atoms with Crippen molar-refractivity contribution in [2.75, 3.05) is 0 Å². The van der Waals surface area contributed by atoms with E-state index in [-0.39, 0.29) is 29.5 Å². The van der Waals surface area contributed by atoms with Crippen LogP contribution in [0.3, 0.4) is 0 Å². The maximum atomic E-state index is 13.0. The molecule has 2 aromatic rings. The molecule has 0 saturated carbocycles. The first kappa shape index (κ1) is 21.2. The number of aromatic carboxylic acids is 1. The topological polar surface area (TPSA) is 92.7 Å². The largest absolute Gasteiger partial charge is 0.488 e. The molecule has 33 heavy (non-hydrogen) atoms. The first-order chi connectivity index (χ1) is 16.0. The van der Waals surface area contributed by atoms with Gasteiger partial charge in [-0.2, -0.15) is 0 Å². The van der Waals surface area contributed by atoms with Crippen molar-refractivity contribution in [1.29, 1.82) is 0 Å². The van der Waals surface area contributed by atoms with E-state index in [4.69, 9.17) is 4.74 Å². The fourth-order valence-corrected chi connectivity index (χ4v) is 5.07. The number of carboxylic acids is 1. The molecular formula is C27H25NO5. The van der Waals surface area contributed by atoms with Crippen molar-refractivity contribution in [3.63, 3.8) is 0 Å². The highest BCUT2D eigenvalue weighted by Gasteiger charge is 2.40. The number of dihydropyridines is 1. The number of benzene rings is 2. The molecule has 3 aliphatic rings. The zero-order valence-corrected chi connectivity index (χ0v) is 18.2. The molecule has 6 heteroatoms. The third kappa shape index (κ3) is 3.97. The summed E-state index contributed by atoms with van der Waals surface area (Å²) in [7, 11) is 0. The number of hydrogen-bond donors (Lipinski definition) is 2. The summed E-state index contributed by atoms with van der Waals surface area (Å²) >= 11 is 0. The van der Waals surface area contributed by atoms with Crippen LogP contribution in [0.1, 0.15) is 65.9 Å². The van der Waals surface area contributed by atoms with Crippen LogP contribution in [0.5, 0.6) is 5.75 Å². The summed E-state index contributed by atoms with van der Waals surface area (Å²) < 4.78 is 5.83. The second-order valence-electron chi connectivity index (χ2n) is 8.73. The Kier molecular flexibility index (Phi) is 5.58. The highest BCUT2D eigenvalue weighted by molar-refractivity contribution is 6.06. The molecule has 0 bridgehead atoms. The molecule has 2 aliphatic carbocycles. The van der Waals surface area contributed by atoms with Crippen LogP contribution in [0.25, 0.3) is 0 Å². The number of ether oxygens (including phenoxy) is 1. The minimum absolute atomic E-state index is 0.0257. The van der Waals surface area contributed by atoms with E-state index < -0.39 is 11.9 Å². The molecule has 0 saturated heterocycles. The molecule has 5 rings (SSSR count). The summed E-state index contributed by atoms with van der Waals surface area (Å²) in [6.45, 7) is 0.245. The van der Waals surface area contributed by atoms with Crippen LogP contribution in [0.4, 0.5) is 0 Å². The zero-order valence-electron chi connectivity index (χ0n) is 18.2. The molecule has 0 spiro atoms. The maximum Gasteiger partial charge on any atom is 0.339 e. The van der Waals surface area contributed by atoms with Gasteiger partial charge in [-0.3, -0.25) is 9.59 Å². The summed E-state index contributed by atoms with van der Waals surface area (Å²) in [5, 5.41) is 13.3. The van der Waals surface area contributed by atoms with E-state index in [1.54, 1.807) is 18.2 Å². The number of hydrogen-bond acceptors (Lipinski definition) is 5. The lowest BCUT2D eigenvalue weighted by molar-refractivity contribution is -0.117. The third-order valence-electron chi connectivity index (χ3n) is 6.60. The summed E-state index contributed by atoms with van der Waals surface area (Å²) in [5.74, 6) is -1.32. The van der Waals surface area contributed by atoms with Gasteiger partial charge >= 0.3 is 5.97 Å². The van der Waals surface area contributed by atoms with Gasteiger partial charge in [0.25, 0.3) is 0 Å². The van der Waals surface area contributed by atoms with E-state index in [2.05, 4.69) is 5.32 Å². The Labute approximate surface area is 192 Å². The normalized spacial score (nSPS) is 18.5. The first-order valence-electron chi connectivity index (χ1n) is 11.4.